The smallest absolute Gasteiger partial charge is 0.361 e. The van der Waals surface area contributed by atoms with Crippen LogP contribution >= 0.6 is 0 Å². The number of carbonyl (C=O) groups excluding carboxylic acids is 1. The van der Waals surface area contributed by atoms with Crippen LogP contribution in [-0.4, -0.2) is 59.8 Å². The lowest BCUT2D eigenvalue weighted by Crippen LogP contribution is -2.51. The van der Waals surface area contributed by atoms with Crippen LogP contribution in [0.4, 0.5) is 13.2 Å². The number of hydrogen-bond acceptors (Lipinski definition) is 4. The predicted molar refractivity (Wildman–Crippen MR) is 59.6 cm³/mol. The van der Waals surface area contributed by atoms with Crippen LogP contribution in [-0.2, 0) is 0 Å². The van der Waals surface area contributed by atoms with Crippen LogP contribution < -0.4 is 0 Å². The maximum Gasteiger partial charge on any atom is 0.401 e. The van der Waals surface area contributed by atoms with Crippen molar-refractivity contribution in [3.05, 3.63) is 17.5 Å². The van der Waals surface area contributed by atoms with Gasteiger partial charge in [0.2, 0.25) is 0 Å². The Kier molecular flexibility index (Phi) is 3.79. The number of piperazine rings is 1. The summed E-state index contributed by atoms with van der Waals surface area (Å²) < 4.78 is 41.5. The van der Waals surface area contributed by atoms with Gasteiger partial charge in [-0.15, -0.1) is 0 Å². The third-order valence-corrected chi connectivity index (χ3v) is 2.91. The number of rotatable bonds is 2. The third kappa shape index (κ3) is 3.69. The Hall–Kier alpha value is -1.57. The highest BCUT2D eigenvalue weighted by atomic mass is 19.4. The quantitative estimate of drug-likeness (QED) is 0.817. The van der Waals surface area contributed by atoms with Crippen LogP contribution in [0.5, 0.6) is 0 Å². The van der Waals surface area contributed by atoms with Crippen molar-refractivity contribution in [2.75, 3.05) is 32.7 Å². The van der Waals surface area contributed by atoms with Gasteiger partial charge in [0.15, 0.2) is 5.69 Å². The second-order valence-electron chi connectivity index (χ2n) is 4.51. The average Bonchev–Trinajstić information content (AvgIpc) is 2.74. The molecule has 19 heavy (non-hydrogen) atoms. The zero-order valence-electron chi connectivity index (χ0n) is 10.4. The van der Waals surface area contributed by atoms with Crippen molar-refractivity contribution in [2.24, 2.45) is 0 Å². The highest BCUT2D eigenvalue weighted by Crippen LogP contribution is 2.18. The van der Waals surface area contributed by atoms with Crippen molar-refractivity contribution in [1.82, 2.24) is 15.0 Å². The van der Waals surface area contributed by atoms with E-state index in [0.717, 1.165) is 0 Å². The van der Waals surface area contributed by atoms with E-state index in [1.807, 2.05) is 0 Å². The van der Waals surface area contributed by atoms with E-state index in [9.17, 15) is 18.0 Å². The Balaban J connectivity index is 1.88. The first-order valence-electron chi connectivity index (χ1n) is 5.87. The molecule has 1 saturated heterocycles. The second-order valence-corrected chi connectivity index (χ2v) is 4.51. The SMILES string of the molecule is Cc1cc(C(=O)N2CCN(CC(F)(F)F)CC2)no1. The summed E-state index contributed by atoms with van der Waals surface area (Å²) in [4.78, 5) is 14.7. The van der Waals surface area contributed by atoms with E-state index in [2.05, 4.69) is 5.16 Å². The van der Waals surface area contributed by atoms with Gasteiger partial charge in [0.25, 0.3) is 5.91 Å². The summed E-state index contributed by atoms with van der Waals surface area (Å²) in [6, 6.07) is 1.52. The lowest BCUT2D eigenvalue weighted by atomic mass is 10.2. The molecule has 0 saturated carbocycles. The monoisotopic (exact) mass is 277 g/mol. The van der Waals surface area contributed by atoms with Gasteiger partial charge in [-0.05, 0) is 6.92 Å². The van der Waals surface area contributed by atoms with Crippen molar-refractivity contribution in [3.8, 4) is 0 Å². The zero-order valence-corrected chi connectivity index (χ0v) is 10.4. The molecular weight excluding hydrogens is 263 g/mol. The fourth-order valence-electron chi connectivity index (χ4n) is 1.99. The van der Waals surface area contributed by atoms with Crippen LogP contribution in [0.1, 0.15) is 16.2 Å². The number of halogens is 3. The Labute approximate surface area is 107 Å². The summed E-state index contributed by atoms with van der Waals surface area (Å²) in [5.41, 5.74) is 0.196. The molecule has 0 N–H and O–H groups in total. The lowest BCUT2D eigenvalue weighted by molar-refractivity contribution is -0.148. The maximum atomic E-state index is 12.2. The summed E-state index contributed by atoms with van der Waals surface area (Å²) >= 11 is 0. The lowest BCUT2D eigenvalue weighted by Gasteiger charge is -2.34. The van der Waals surface area contributed by atoms with Crippen molar-refractivity contribution in [1.29, 1.82) is 0 Å². The molecule has 0 aliphatic carbocycles. The van der Waals surface area contributed by atoms with Crippen LogP contribution in [0, 0.1) is 6.92 Å². The molecule has 2 heterocycles. The predicted octanol–water partition coefficient (Wildman–Crippen LogP) is 1.30. The Morgan fingerprint density at radius 1 is 1.37 bits per heavy atom. The number of amides is 1. The van der Waals surface area contributed by atoms with Crippen molar-refractivity contribution in [3.63, 3.8) is 0 Å². The molecule has 1 aliphatic rings. The van der Waals surface area contributed by atoms with Crippen LogP contribution in [0.3, 0.4) is 0 Å². The fraction of sp³-hybridized carbons (Fsp3) is 0.636. The molecule has 0 spiro atoms. The fourth-order valence-corrected chi connectivity index (χ4v) is 1.99. The number of alkyl halides is 3. The normalized spacial score (nSPS) is 17.8. The van der Waals surface area contributed by atoms with Gasteiger partial charge >= 0.3 is 6.18 Å². The zero-order chi connectivity index (χ0) is 14.0. The van der Waals surface area contributed by atoms with Crippen molar-refractivity contribution in [2.45, 2.75) is 13.1 Å². The second kappa shape index (κ2) is 5.20. The molecule has 1 aromatic heterocycles. The number of aromatic nitrogens is 1. The Morgan fingerprint density at radius 2 is 2.00 bits per heavy atom. The van der Waals surface area contributed by atoms with Gasteiger partial charge in [0, 0.05) is 32.2 Å². The first-order chi connectivity index (χ1) is 8.85. The molecule has 2 rings (SSSR count). The molecule has 0 aromatic carbocycles. The molecular formula is C11H14F3N3O2. The first kappa shape index (κ1) is 13.9. The number of carbonyl (C=O) groups is 1. The van der Waals surface area contributed by atoms with Gasteiger partial charge in [-0.1, -0.05) is 5.16 Å². The van der Waals surface area contributed by atoms with Crippen LogP contribution in [0.2, 0.25) is 0 Å². The van der Waals surface area contributed by atoms with Crippen LogP contribution in [0.15, 0.2) is 10.6 Å². The minimum atomic E-state index is -4.20. The summed E-state index contributed by atoms with van der Waals surface area (Å²) in [7, 11) is 0. The molecule has 0 unspecified atom stereocenters. The molecule has 0 radical (unpaired) electrons. The maximum absolute atomic E-state index is 12.2. The average molecular weight is 277 g/mol. The highest BCUT2D eigenvalue weighted by Gasteiger charge is 2.33. The van der Waals surface area contributed by atoms with Gasteiger partial charge in [-0.2, -0.15) is 13.2 Å². The minimum absolute atomic E-state index is 0.196. The molecule has 8 heteroatoms. The molecule has 1 fully saturated rings. The topological polar surface area (TPSA) is 49.6 Å². The molecule has 5 nitrogen and oxygen atoms in total. The van der Waals surface area contributed by atoms with E-state index >= 15 is 0 Å². The number of nitrogens with zero attached hydrogens (tertiary/aromatic N) is 3. The van der Waals surface area contributed by atoms with Gasteiger partial charge < -0.3 is 9.42 Å². The Morgan fingerprint density at radius 3 is 2.47 bits per heavy atom. The largest absolute Gasteiger partial charge is 0.401 e. The summed E-state index contributed by atoms with van der Waals surface area (Å²) in [5, 5.41) is 3.61. The molecule has 106 valence electrons. The van der Waals surface area contributed by atoms with E-state index in [0.29, 0.717) is 5.76 Å². The molecule has 1 aliphatic heterocycles. The molecule has 1 aromatic rings. The summed E-state index contributed by atoms with van der Waals surface area (Å²) in [6.07, 6.45) is -4.20. The number of hydrogen-bond donors (Lipinski definition) is 0. The van der Waals surface area contributed by atoms with Gasteiger partial charge in [0.1, 0.15) is 5.76 Å². The standard InChI is InChI=1S/C11H14F3N3O2/c1-8-6-9(15-19-8)10(18)17-4-2-16(3-5-17)7-11(12,13)14/h6H,2-5,7H2,1H3. The third-order valence-electron chi connectivity index (χ3n) is 2.91. The number of aryl methyl sites for hydroxylation is 1. The summed E-state index contributed by atoms with van der Waals surface area (Å²) in [6.45, 7) is 1.69. The van der Waals surface area contributed by atoms with E-state index in [-0.39, 0.29) is 37.8 Å². The van der Waals surface area contributed by atoms with Crippen molar-refractivity contribution < 1.29 is 22.5 Å². The molecule has 0 atom stereocenters. The van der Waals surface area contributed by atoms with E-state index in [1.165, 1.54) is 15.9 Å². The molecule has 1 amide bonds. The summed E-state index contributed by atoms with van der Waals surface area (Å²) in [5.74, 6) is 0.225. The Bertz CT molecular complexity index is 450. The van der Waals surface area contributed by atoms with E-state index < -0.39 is 12.7 Å². The van der Waals surface area contributed by atoms with Gasteiger partial charge in [0.05, 0.1) is 6.54 Å². The van der Waals surface area contributed by atoms with Gasteiger partial charge in [-0.25, -0.2) is 0 Å². The highest BCUT2D eigenvalue weighted by molar-refractivity contribution is 5.92. The first-order valence-corrected chi connectivity index (χ1v) is 5.87. The molecule has 0 bridgehead atoms. The van der Waals surface area contributed by atoms with Gasteiger partial charge in [-0.3, -0.25) is 9.69 Å². The van der Waals surface area contributed by atoms with Crippen LogP contribution in [0.25, 0.3) is 0 Å². The van der Waals surface area contributed by atoms with E-state index in [4.69, 9.17) is 4.52 Å². The minimum Gasteiger partial charge on any atom is -0.361 e. The van der Waals surface area contributed by atoms with Crippen molar-refractivity contribution >= 4 is 5.91 Å². The van der Waals surface area contributed by atoms with E-state index in [1.54, 1.807) is 6.92 Å².